The molecule has 0 atom stereocenters. The highest BCUT2D eigenvalue weighted by Crippen LogP contribution is 2.48. The van der Waals surface area contributed by atoms with Crippen LogP contribution in [0.15, 0.2) is 132 Å². The molecule has 2 aromatic heterocycles. The van der Waals surface area contributed by atoms with Crippen LogP contribution < -0.4 is 0 Å². The second-order valence-electron chi connectivity index (χ2n) is 13.8. The molecule has 51 heavy (non-hydrogen) atoms. The van der Waals surface area contributed by atoms with Gasteiger partial charge in [-0.15, -0.1) is 0 Å². The lowest BCUT2D eigenvalue weighted by molar-refractivity contribution is 0.598. The third kappa shape index (κ3) is 7.31. The second-order valence-corrected chi connectivity index (χ2v) is 15.7. The van der Waals surface area contributed by atoms with E-state index in [-0.39, 0.29) is 0 Å². The van der Waals surface area contributed by atoms with Gasteiger partial charge in [-0.25, -0.2) is 8.42 Å². The minimum Gasteiger partial charge on any atom is -0.264 e. The van der Waals surface area contributed by atoms with E-state index in [9.17, 15) is 8.42 Å². The zero-order chi connectivity index (χ0) is 35.2. The van der Waals surface area contributed by atoms with Crippen LogP contribution in [0.4, 0.5) is 0 Å². The molecule has 0 amide bonds. The number of rotatable bonds is 14. The predicted octanol–water partition coefficient (Wildman–Crippen LogP) is 12.2. The van der Waals surface area contributed by atoms with E-state index >= 15 is 0 Å². The summed E-state index contributed by atoms with van der Waals surface area (Å²) in [6, 6.07) is 33.2. The summed E-state index contributed by atoms with van der Waals surface area (Å²) in [7, 11) is -3.74. The highest BCUT2D eigenvalue weighted by molar-refractivity contribution is 7.92. The van der Waals surface area contributed by atoms with Crippen molar-refractivity contribution in [3.63, 3.8) is 0 Å². The molecule has 7 rings (SSSR count). The van der Waals surface area contributed by atoms with Crippen LogP contribution in [0.1, 0.15) is 76.3 Å². The summed E-state index contributed by atoms with van der Waals surface area (Å²) in [5, 5.41) is 0. The SMILES string of the molecule is CCCCCCc1cc2c(cc1-c1ccc(-c3cccnc3)cc1)S(=O)(=O)c1cc(-c3ccc(-c4cccnc4)cc3)c(CCCCCC)cc1-2. The Balaban J connectivity index is 1.32. The third-order valence-corrected chi connectivity index (χ3v) is 12.1. The van der Waals surface area contributed by atoms with Crippen LogP contribution in [0.25, 0.3) is 55.6 Å². The van der Waals surface area contributed by atoms with Crippen molar-refractivity contribution in [2.45, 2.75) is 87.8 Å². The first-order chi connectivity index (χ1) is 25.0. The molecule has 0 bridgehead atoms. The summed E-state index contributed by atoms with van der Waals surface area (Å²) < 4.78 is 29.1. The second kappa shape index (κ2) is 15.6. The fraction of sp³-hybridized carbons (Fsp3) is 0.261. The van der Waals surface area contributed by atoms with Crippen LogP contribution in [-0.2, 0) is 22.7 Å². The van der Waals surface area contributed by atoms with E-state index in [2.05, 4.69) is 96.6 Å². The Morgan fingerprint density at radius 2 is 0.863 bits per heavy atom. The topological polar surface area (TPSA) is 59.9 Å². The number of fused-ring (bicyclic) bond motifs is 3. The lowest BCUT2D eigenvalue weighted by Crippen LogP contribution is -2.00. The van der Waals surface area contributed by atoms with Gasteiger partial charge in [0.05, 0.1) is 9.79 Å². The molecule has 0 spiro atoms. The normalized spacial score (nSPS) is 12.8. The zero-order valence-electron chi connectivity index (χ0n) is 29.7. The van der Waals surface area contributed by atoms with Crippen LogP contribution in [-0.4, -0.2) is 18.4 Å². The average molecular weight is 691 g/mol. The van der Waals surface area contributed by atoms with E-state index in [1.54, 1.807) is 12.4 Å². The first kappa shape index (κ1) is 34.6. The van der Waals surface area contributed by atoms with Crippen molar-refractivity contribution in [3.05, 3.63) is 133 Å². The Morgan fingerprint density at radius 1 is 0.451 bits per heavy atom. The van der Waals surface area contributed by atoms with Crippen molar-refractivity contribution in [3.8, 4) is 55.6 Å². The maximum Gasteiger partial charge on any atom is 0.207 e. The summed E-state index contributed by atoms with van der Waals surface area (Å²) in [4.78, 5) is 9.40. The van der Waals surface area contributed by atoms with Gasteiger partial charge in [0.25, 0.3) is 0 Å². The van der Waals surface area contributed by atoms with Crippen molar-refractivity contribution < 1.29 is 8.42 Å². The lowest BCUT2D eigenvalue weighted by Gasteiger charge is -2.15. The van der Waals surface area contributed by atoms with Gasteiger partial charge >= 0.3 is 0 Å². The number of hydrogen-bond acceptors (Lipinski definition) is 4. The summed E-state index contributed by atoms with van der Waals surface area (Å²) in [5.41, 5.74) is 12.5. The van der Waals surface area contributed by atoms with Crippen LogP contribution in [0, 0.1) is 0 Å². The van der Waals surface area contributed by atoms with Gasteiger partial charge in [-0.3, -0.25) is 9.97 Å². The van der Waals surface area contributed by atoms with Crippen molar-refractivity contribution in [2.24, 2.45) is 0 Å². The molecule has 1 aliphatic rings. The molecule has 0 radical (unpaired) electrons. The molecule has 5 heteroatoms. The van der Waals surface area contributed by atoms with E-state index in [1.165, 1.54) is 36.8 Å². The van der Waals surface area contributed by atoms with Gasteiger partial charge in [-0.1, -0.05) is 113 Å². The number of sulfone groups is 1. The third-order valence-electron chi connectivity index (χ3n) is 10.3. The number of benzene rings is 4. The summed E-state index contributed by atoms with van der Waals surface area (Å²) in [6.45, 7) is 4.46. The molecule has 6 aromatic rings. The smallest absolute Gasteiger partial charge is 0.207 e. The first-order valence-electron chi connectivity index (χ1n) is 18.6. The molecule has 0 unspecified atom stereocenters. The molecule has 1 aliphatic heterocycles. The van der Waals surface area contributed by atoms with Gasteiger partial charge in [-0.05, 0) is 118 Å². The highest BCUT2D eigenvalue weighted by Gasteiger charge is 2.35. The van der Waals surface area contributed by atoms with Crippen molar-refractivity contribution in [2.75, 3.05) is 0 Å². The van der Waals surface area contributed by atoms with E-state index in [1.807, 2.05) is 36.7 Å². The van der Waals surface area contributed by atoms with Gasteiger partial charge in [0.1, 0.15) is 0 Å². The number of unbranched alkanes of at least 4 members (excludes halogenated alkanes) is 6. The molecular formula is C46H46N2O2S. The molecular weight excluding hydrogens is 645 g/mol. The number of pyridine rings is 2. The maximum atomic E-state index is 14.5. The van der Waals surface area contributed by atoms with Crippen LogP contribution in [0.3, 0.4) is 0 Å². The molecule has 0 fully saturated rings. The average Bonchev–Trinajstić information content (AvgIpc) is 3.39. The molecule has 4 nitrogen and oxygen atoms in total. The Hall–Kier alpha value is -4.87. The summed E-state index contributed by atoms with van der Waals surface area (Å²) in [5.74, 6) is 0. The minimum atomic E-state index is -3.74. The molecule has 0 N–H and O–H groups in total. The zero-order valence-corrected chi connectivity index (χ0v) is 30.6. The first-order valence-corrected chi connectivity index (χ1v) is 20.1. The maximum absolute atomic E-state index is 14.5. The molecule has 0 saturated heterocycles. The fourth-order valence-corrected chi connectivity index (χ4v) is 9.12. The van der Waals surface area contributed by atoms with Crippen molar-refractivity contribution in [1.29, 1.82) is 0 Å². The number of aromatic nitrogens is 2. The fourth-order valence-electron chi connectivity index (χ4n) is 7.42. The number of aryl methyl sites for hydroxylation is 2. The van der Waals surface area contributed by atoms with Crippen LogP contribution in [0.5, 0.6) is 0 Å². The number of nitrogens with zero attached hydrogens (tertiary/aromatic N) is 2. The van der Waals surface area contributed by atoms with Gasteiger partial charge in [-0.2, -0.15) is 0 Å². The Morgan fingerprint density at radius 3 is 1.24 bits per heavy atom. The Bertz CT molecular complexity index is 2060. The molecule has 3 heterocycles. The van der Waals surface area contributed by atoms with Crippen LogP contribution >= 0.6 is 0 Å². The molecule has 0 aliphatic carbocycles. The van der Waals surface area contributed by atoms with E-state index < -0.39 is 9.84 Å². The lowest BCUT2D eigenvalue weighted by atomic mass is 9.88. The minimum absolute atomic E-state index is 0.419. The molecule has 258 valence electrons. The van der Waals surface area contributed by atoms with E-state index in [0.29, 0.717) is 9.79 Å². The van der Waals surface area contributed by atoms with Crippen LogP contribution in [0.2, 0.25) is 0 Å². The molecule has 4 aromatic carbocycles. The Kier molecular flexibility index (Phi) is 10.6. The highest BCUT2D eigenvalue weighted by atomic mass is 32.2. The summed E-state index contributed by atoms with van der Waals surface area (Å²) in [6.07, 6.45) is 18.3. The Labute approximate surface area is 303 Å². The van der Waals surface area contributed by atoms with Gasteiger partial charge < -0.3 is 0 Å². The largest absolute Gasteiger partial charge is 0.264 e. The van der Waals surface area contributed by atoms with Crippen molar-refractivity contribution in [1.82, 2.24) is 9.97 Å². The predicted molar refractivity (Wildman–Crippen MR) is 210 cm³/mol. The molecule has 0 saturated carbocycles. The quantitative estimate of drug-likeness (QED) is 0.107. The standard InChI is InChI=1S/C46H46N2O2S/c1-3-5-7-9-13-37-27-43-44-28-38(14-10-8-6-4-2)42(36-23-19-34(20-24-36)40-16-12-26-48-32-40)30-46(44)51(49,50)45(43)29-41(37)35-21-17-33(18-22-35)39-15-11-25-47-31-39/h11-12,15-32H,3-10,13-14H2,1-2H3. The number of hydrogen-bond donors (Lipinski definition) is 0. The van der Waals surface area contributed by atoms with Gasteiger partial charge in [0.2, 0.25) is 9.84 Å². The van der Waals surface area contributed by atoms with E-state index in [0.717, 1.165) is 94.2 Å². The summed E-state index contributed by atoms with van der Waals surface area (Å²) >= 11 is 0. The van der Waals surface area contributed by atoms with E-state index in [4.69, 9.17) is 0 Å². The van der Waals surface area contributed by atoms with Crippen molar-refractivity contribution >= 4 is 9.84 Å². The monoisotopic (exact) mass is 690 g/mol. The van der Waals surface area contributed by atoms with Gasteiger partial charge in [0.15, 0.2) is 0 Å². The van der Waals surface area contributed by atoms with Gasteiger partial charge in [0, 0.05) is 35.9 Å².